The number of benzene rings is 2. The van der Waals surface area contributed by atoms with Crippen LogP contribution < -0.4 is 10.2 Å². The molecule has 1 atom stereocenters. The van der Waals surface area contributed by atoms with Gasteiger partial charge in [0.25, 0.3) is 5.91 Å². The Bertz CT molecular complexity index is 1040. The highest BCUT2D eigenvalue weighted by Gasteiger charge is 2.30. The van der Waals surface area contributed by atoms with E-state index in [0.717, 1.165) is 36.6 Å². The van der Waals surface area contributed by atoms with Crippen molar-refractivity contribution in [1.82, 2.24) is 9.88 Å². The minimum atomic E-state index is -0.325. The summed E-state index contributed by atoms with van der Waals surface area (Å²) in [6.45, 7) is 6.26. The molecule has 2 N–H and O–H groups in total. The molecular weight excluding hydrogens is 367 g/mol. The number of hydrogen-bond donors (Lipinski definition) is 2. The molecule has 0 radical (unpaired) electrons. The number of nitrogens with one attached hydrogen (secondary N) is 2. The number of hydrogen-bond acceptors (Lipinski definition) is 3. The van der Waals surface area contributed by atoms with Crippen LogP contribution in [0.3, 0.4) is 0 Å². The third-order valence-corrected chi connectivity index (χ3v) is 6.25. The van der Waals surface area contributed by atoms with E-state index in [1.165, 1.54) is 25.5 Å². The molecule has 150 valence electrons. The van der Waals surface area contributed by atoms with Crippen LogP contribution in [-0.4, -0.2) is 48.0 Å². The van der Waals surface area contributed by atoms with Gasteiger partial charge in [0.05, 0.1) is 5.52 Å². The number of anilines is 2. The van der Waals surface area contributed by atoms with Crippen molar-refractivity contribution in [3.63, 3.8) is 0 Å². The summed E-state index contributed by atoms with van der Waals surface area (Å²) in [6.07, 6.45) is 2.56. The van der Waals surface area contributed by atoms with E-state index in [1.54, 1.807) is 12.1 Å². The van der Waals surface area contributed by atoms with Gasteiger partial charge >= 0.3 is 0 Å². The third kappa shape index (κ3) is 3.38. The number of H-pyrrole nitrogens is 1. The van der Waals surface area contributed by atoms with Crippen LogP contribution in [0.1, 0.15) is 28.9 Å². The number of piperazine rings is 1. The molecule has 1 unspecified atom stereocenters. The number of carbonyl (C=O) groups excluding carboxylic acids is 1. The predicted molar refractivity (Wildman–Crippen MR) is 114 cm³/mol. The van der Waals surface area contributed by atoms with Crippen molar-refractivity contribution < 1.29 is 9.18 Å². The van der Waals surface area contributed by atoms with Crippen LogP contribution in [0.2, 0.25) is 0 Å². The summed E-state index contributed by atoms with van der Waals surface area (Å²) >= 11 is 0. The van der Waals surface area contributed by atoms with Crippen molar-refractivity contribution in [2.24, 2.45) is 0 Å². The highest BCUT2D eigenvalue weighted by molar-refractivity contribution is 6.06. The number of rotatable bonds is 3. The lowest BCUT2D eigenvalue weighted by Crippen LogP contribution is -2.50. The first kappa shape index (κ1) is 18.2. The fraction of sp³-hybridized carbons (Fsp3) is 0.348. The van der Waals surface area contributed by atoms with E-state index in [1.807, 2.05) is 25.1 Å². The number of nitrogens with zero attached hydrogens (tertiary/aromatic N) is 2. The second-order valence-corrected chi connectivity index (χ2v) is 8.12. The molecule has 2 aliphatic heterocycles. The lowest BCUT2D eigenvalue weighted by atomic mass is 10.1. The molecule has 5 rings (SSSR count). The van der Waals surface area contributed by atoms with Crippen molar-refractivity contribution in [3.8, 4) is 0 Å². The molecule has 0 aliphatic carbocycles. The van der Waals surface area contributed by atoms with Crippen LogP contribution >= 0.6 is 0 Å². The van der Waals surface area contributed by atoms with Crippen LogP contribution in [0.15, 0.2) is 42.5 Å². The molecule has 29 heavy (non-hydrogen) atoms. The van der Waals surface area contributed by atoms with E-state index >= 15 is 0 Å². The summed E-state index contributed by atoms with van der Waals surface area (Å²) in [5, 5.41) is 3.40. The highest BCUT2D eigenvalue weighted by atomic mass is 19.1. The smallest absolute Gasteiger partial charge is 0.272 e. The monoisotopic (exact) mass is 392 g/mol. The zero-order valence-electron chi connectivity index (χ0n) is 16.5. The maximum absolute atomic E-state index is 14.1. The predicted octanol–water partition coefficient (Wildman–Crippen LogP) is 4.15. The maximum Gasteiger partial charge on any atom is 0.272 e. The Kier molecular flexibility index (Phi) is 4.51. The van der Waals surface area contributed by atoms with E-state index in [0.29, 0.717) is 22.6 Å². The van der Waals surface area contributed by atoms with Gasteiger partial charge in [-0.25, -0.2) is 4.39 Å². The van der Waals surface area contributed by atoms with Crippen molar-refractivity contribution >= 4 is 28.2 Å². The van der Waals surface area contributed by atoms with Gasteiger partial charge in [0.1, 0.15) is 11.5 Å². The number of fused-ring (bicyclic) bond motifs is 2. The number of halogens is 1. The second kappa shape index (κ2) is 7.19. The number of aromatic nitrogens is 1. The van der Waals surface area contributed by atoms with Crippen molar-refractivity contribution in [1.29, 1.82) is 0 Å². The largest absolute Gasteiger partial charge is 0.369 e. The molecule has 0 spiro atoms. The van der Waals surface area contributed by atoms with Gasteiger partial charge in [-0.3, -0.25) is 9.69 Å². The molecule has 1 amide bonds. The van der Waals surface area contributed by atoms with Crippen LogP contribution in [-0.2, 0) is 0 Å². The quantitative estimate of drug-likeness (QED) is 0.704. The Labute approximate surface area is 169 Å². The van der Waals surface area contributed by atoms with Crippen molar-refractivity contribution in [2.45, 2.75) is 25.8 Å². The Morgan fingerprint density at radius 3 is 2.93 bits per heavy atom. The number of aromatic amines is 1. The van der Waals surface area contributed by atoms with Crippen LogP contribution in [0.25, 0.3) is 10.9 Å². The Hall–Kier alpha value is -2.86. The summed E-state index contributed by atoms with van der Waals surface area (Å²) < 4.78 is 14.1. The summed E-state index contributed by atoms with van der Waals surface area (Å²) in [5.74, 6) is -0.591. The third-order valence-electron chi connectivity index (χ3n) is 6.25. The molecule has 6 heteroatoms. The molecule has 2 saturated heterocycles. The topological polar surface area (TPSA) is 51.4 Å². The Morgan fingerprint density at radius 2 is 2.07 bits per heavy atom. The minimum absolute atomic E-state index is 0.266. The van der Waals surface area contributed by atoms with E-state index in [9.17, 15) is 9.18 Å². The van der Waals surface area contributed by atoms with Gasteiger partial charge in [0.2, 0.25) is 0 Å². The normalized spacial score (nSPS) is 19.5. The van der Waals surface area contributed by atoms with Crippen LogP contribution in [0.5, 0.6) is 0 Å². The fourth-order valence-corrected chi connectivity index (χ4v) is 4.65. The van der Waals surface area contributed by atoms with Gasteiger partial charge in [-0.05, 0) is 62.2 Å². The average molecular weight is 392 g/mol. The molecule has 5 nitrogen and oxygen atoms in total. The van der Waals surface area contributed by atoms with Crippen molar-refractivity contribution in [2.75, 3.05) is 36.4 Å². The first-order valence-electron chi connectivity index (χ1n) is 10.3. The molecule has 0 bridgehead atoms. The molecule has 2 aliphatic rings. The number of aryl methyl sites for hydroxylation is 1. The molecule has 2 fully saturated rings. The molecule has 3 aromatic rings. The summed E-state index contributed by atoms with van der Waals surface area (Å²) in [6, 6.07) is 13.4. The fourth-order valence-electron chi connectivity index (χ4n) is 4.65. The van der Waals surface area contributed by atoms with Gasteiger partial charge in [-0.15, -0.1) is 0 Å². The summed E-state index contributed by atoms with van der Waals surface area (Å²) in [5.41, 5.74) is 3.81. The van der Waals surface area contributed by atoms with E-state index in [-0.39, 0.29) is 11.7 Å². The standard InChI is InChI=1S/C23H25FN4O/c1-15-7-8-20(24)19-13-21(26-22(15)19)23(29)25-16-4-2-5-17(12-16)28-11-10-27-9-3-6-18(27)14-28/h2,4-5,7-8,12-13,18,26H,3,6,9-11,14H2,1H3,(H,25,29). The molecule has 1 aromatic heterocycles. The van der Waals surface area contributed by atoms with Gasteiger partial charge in [0, 0.05) is 42.4 Å². The first-order chi connectivity index (χ1) is 14.1. The zero-order valence-corrected chi connectivity index (χ0v) is 16.5. The summed E-state index contributed by atoms with van der Waals surface area (Å²) in [7, 11) is 0. The Balaban J connectivity index is 1.34. The van der Waals surface area contributed by atoms with Gasteiger partial charge in [-0.2, -0.15) is 0 Å². The lowest BCUT2D eigenvalue weighted by molar-refractivity contribution is 0.102. The SMILES string of the molecule is Cc1ccc(F)c2cc(C(=O)Nc3cccc(N4CCN5CCCC5C4)c3)[nH]c12. The van der Waals surface area contributed by atoms with Crippen LogP contribution in [0.4, 0.5) is 15.8 Å². The van der Waals surface area contributed by atoms with Gasteiger partial charge < -0.3 is 15.2 Å². The number of carbonyl (C=O) groups is 1. The zero-order chi connectivity index (χ0) is 20.0. The Morgan fingerprint density at radius 1 is 1.17 bits per heavy atom. The second-order valence-electron chi connectivity index (χ2n) is 8.12. The molecule has 3 heterocycles. The van der Waals surface area contributed by atoms with Crippen molar-refractivity contribution in [3.05, 3.63) is 59.5 Å². The van der Waals surface area contributed by atoms with E-state index in [2.05, 4.69) is 26.2 Å². The van der Waals surface area contributed by atoms with Gasteiger partial charge in [0.15, 0.2) is 0 Å². The van der Waals surface area contributed by atoms with E-state index < -0.39 is 0 Å². The highest BCUT2D eigenvalue weighted by Crippen LogP contribution is 2.27. The summed E-state index contributed by atoms with van der Waals surface area (Å²) in [4.78, 5) is 20.8. The molecular formula is C23H25FN4O. The van der Waals surface area contributed by atoms with E-state index in [4.69, 9.17) is 0 Å². The first-order valence-corrected chi connectivity index (χ1v) is 10.3. The minimum Gasteiger partial charge on any atom is -0.369 e. The maximum atomic E-state index is 14.1. The lowest BCUT2D eigenvalue weighted by Gasteiger charge is -2.39. The van der Waals surface area contributed by atoms with Gasteiger partial charge in [-0.1, -0.05) is 12.1 Å². The molecule has 0 saturated carbocycles. The number of amides is 1. The van der Waals surface area contributed by atoms with Crippen LogP contribution in [0, 0.1) is 12.7 Å². The molecule has 2 aromatic carbocycles. The average Bonchev–Trinajstić information content (AvgIpc) is 3.38.